The number of fused-ring (bicyclic) bond motifs is 1. The first kappa shape index (κ1) is 13.4. The van der Waals surface area contributed by atoms with E-state index in [-0.39, 0.29) is 11.3 Å². The number of hydrogen-bond acceptors (Lipinski definition) is 3. The third kappa shape index (κ3) is 2.86. The number of hydrogen-bond donors (Lipinski definition) is 2. The molecule has 0 spiro atoms. The molecule has 5 nitrogen and oxygen atoms in total. The van der Waals surface area contributed by atoms with Crippen molar-refractivity contribution < 1.29 is 23.7 Å². The molecule has 0 bridgehead atoms. The van der Waals surface area contributed by atoms with E-state index in [1.54, 1.807) is 12.1 Å². The van der Waals surface area contributed by atoms with Crippen molar-refractivity contribution in [1.82, 2.24) is 5.32 Å². The number of aromatic carboxylic acids is 1. The molecule has 1 amide bonds. The van der Waals surface area contributed by atoms with E-state index in [1.165, 1.54) is 13.5 Å². The normalized spacial score (nSPS) is 18.5. The zero-order valence-corrected chi connectivity index (χ0v) is 10.2. The molecule has 0 aromatic heterocycles. The quantitative estimate of drug-likeness (QED) is 0.789. The van der Waals surface area contributed by atoms with Crippen molar-refractivity contribution in [2.24, 2.45) is 0 Å². The lowest BCUT2D eigenvalue weighted by Crippen LogP contribution is -2.47. The van der Waals surface area contributed by atoms with Crippen LogP contribution in [0.3, 0.4) is 0 Å². The third-order valence-corrected chi connectivity index (χ3v) is 2.81. The summed E-state index contributed by atoms with van der Waals surface area (Å²) in [5.74, 6) is -2.00. The van der Waals surface area contributed by atoms with Crippen LogP contribution in [0.15, 0.2) is 18.2 Å². The highest BCUT2D eigenvalue weighted by atomic mass is 19.1. The van der Waals surface area contributed by atoms with Crippen LogP contribution in [0.2, 0.25) is 0 Å². The maximum absolute atomic E-state index is 12.8. The van der Waals surface area contributed by atoms with Crippen LogP contribution in [0.25, 0.3) is 0 Å². The minimum Gasteiger partial charge on any atom is -0.560 e. The van der Waals surface area contributed by atoms with Crippen LogP contribution < -0.4 is 9.97 Å². The summed E-state index contributed by atoms with van der Waals surface area (Å²) in [4.78, 5) is 22.3. The molecular weight excluding hydrogens is 252 g/mol. The molecule has 1 radical (unpaired) electrons. The molecule has 1 aliphatic heterocycles. The first-order chi connectivity index (χ1) is 8.99. The molecule has 19 heavy (non-hydrogen) atoms. The van der Waals surface area contributed by atoms with Crippen molar-refractivity contribution in [2.75, 3.05) is 0 Å². The summed E-state index contributed by atoms with van der Waals surface area (Å²) in [6.07, 6.45) is -1.23. The molecule has 1 aromatic carbocycles. The second-order valence-corrected chi connectivity index (χ2v) is 4.29. The molecule has 2 rings (SSSR count). The molecule has 2 atom stereocenters. The fourth-order valence-corrected chi connectivity index (χ4v) is 1.87. The second kappa shape index (κ2) is 5.30. The van der Waals surface area contributed by atoms with Crippen LogP contribution in [-0.2, 0) is 11.2 Å². The van der Waals surface area contributed by atoms with Crippen molar-refractivity contribution in [2.45, 2.75) is 25.5 Å². The first-order valence-corrected chi connectivity index (χ1v) is 5.78. The van der Waals surface area contributed by atoms with E-state index in [0.29, 0.717) is 12.0 Å². The third-order valence-electron chi connectivity index (χ3n) is 2.81. The molecule has 1 aliphatic rings. The molecule has 1 unspecified atom stereocenters. The van der Waals surface area contributed by atoms with Gasteiger partial charge in [-0.2, -0.15) is 0 Å². The fourth-order valence-electron chi connectivity index (χ4n) is 1.87. The summed E-state index contributed by atoms with van der Waals surface area (Å²) < 4.78 is 18.0. The number of nitrogens with one attached hydrogen (secondary N) is 1. The van der Waals surface area contributed by atoms with Crippen LogP contribution in [0, 0.1) is 0 Å². The Balaban J connectivity index is 2.15. The van der Waals surface area contributed by atoms with Gasteiger partial charge in [0.05, 0.1) is 5.56 Å². The molecule has 99 valence electrons. The van der Waals surface area contributed by atoms with Crippen molar-refractivity contribution in [3.63, 3.8) is 0 Å². The van der Waals surface area contributed by atoms with Gasteiger partial charge >= 0.3 is 13.5 Å². The molecule has 0 saturated heterocycles. The van der Waals surface area contributed by atoms with Crippen molar-refractivity contribution >= 4 is 19.4 Å². The van der Waals surface area contributed by atoms with Gasteiger partial charge in [-0.15, -0.1) is 0 Å². The number of carbonyl (C=O) groups excluding carboxylic acids is 1. The molecule has 1 aromatic rings. The van der Waals surface area contributed by atoms with Crippen LogP contribution in [0.1, 0.15) is 22.8 Å². The number of para-hydroxylation sites is 1. The van der Waals surface area contributed by atoms with Gasteiger partial charge < -0.3 is 15.1 Å². The van der Waals surface area contributed by atoms with Crippen LogP contribution >= 0.6 is 0 Å². The molecule has 0 saturated carbocycles. The van der Waals surface area contributed by atoms with Crippen LogP contribution in [0.5, 0.6) is 5.75 Å². The largest absolute Gasteiger partial charge is 0.560 e. The summed E-state index contributed by atoms with van der Waals surface area (Å²) in [6.45, 7) is 1.15. The molecule has 2 N–H and O–H groups in total. The molecular formula is C12H12BFNO4. The van der Waals surface area contributed by atoms with Gasteiger partial charge in [0.2, 0.25) is 0 Å². The predicted molar refractivity (Wildman–Crippen MR) is 66.0 cm³/mol. The Hall–Kier alpha value is -2.05. The number of rotatable bonds is 3. The number of carboxylic acid groups (broad SMARTS) is 1. The van der Waals surface area contributed by atoms with E-state index >= 15 is 0 Å². The summed E-state index contributed by atoms with van der Waals surface area (Å²) in [5, 5.41) is 11.5. The van der Waals surface area contributed by atoms with Crippen LogP contribution in [0.4, 0.5) is 4.39 Å². The number of benzene rings is 1. The zero-order valence-electron chi connectivity index (χ0n) is 10.2. The minimum absolute atomic E-state index is 0.0670. The highest BCUT2D eigenvalue weighted by molar-refractivity contribution is 6.32. The number of carbonyl (C=O) groups is 2. The SMILES string of the molecule is CC(F)C(=O)N[C@@H]1[B]Oc2c(cccc2C(=O)O)C1. The van der Waals surface area contributed by atoms with Gasteiger partial charge in [-0.05, 0) is 25.0 Å². The molecule has 1 heterocycles. The van der Waals surface area contributed by atoms with Gasteiger partial charge in [-0.25, -0.2) is 9.18 Å². The number of halogens is 1. The first-order valence-electron chi connectivity index (χ1n) is 5.78. The van der Waals surface area contributed by atoms with E-state index in [1.807, 2.05) is 0 Å². The van der Waals surface area contributed by atoms with Gasteiger partial charge in [0.15, 0.2) is 6.17 Å². The topological polar surface area (TPSA) is 75.6 Å². The minimum atomic E-state index is -1.60. The van der Waals surface area contributed by atoms with E-state index in [0.717, 1.165) is 6.92 Å². The number of alkyl halides is 1. The number of amides is 1. The average molecular weight is 264 g/mol. The van der Waals surface area contributed by atoms with E-state index in [9.17, 15) is 14.0 Å². The Morgan fingerprint density at radius 2 is 2.32 bits per heavy atom. The maximum Gasteiger partial charge on any atom is 0.394 e. The van der Waals surface area contributed by atoms with Crippen molar-refractivity contribution in [3.8, 4) is 5.75 Å². The van der Waals surface area contributed by atoms with Gasteiger partial charge in [0.1, 0.15) is 5.75 Å². The summed E-state index contributed by atoms with van der Waals surface area (Å²) in [6, 6.07) is 4.76. The summed E-state index contributed by atoms with van der Waals surface area (Å²) >= 11 is 0. The lowest BCUT2D eigenvalue weighted by Gasteiger charge is -2.26. The Morgan fingerprint density at radius 3 is 2.95 bits per heavy atom. The van der Waals surface area contributed by atoms with Crippen molar-refractivity contribution in [1.29, 1.82) is 0 Å². The molecule has 0 fully saturated rings. The van der Waals surface area contributed by atoms with Gasteiger partial charge in [0, 0.05) is 5.94 Å². The second-order valence-electron chi connectivity index (χ2n) is 4.29. The average Bonchev–Trinajstić information content (AvgIpc) is 2.37. The predicted octanol–water partition coefficient (Wildman–Crippen LogP) is 0.739. The Bertz CT molecular complexity index is 520. The Morgan fingerprint density at radius 1 is 1.58 bits per heavy atom. The van der Waals surface area contributed by atoms with E-state index in [2.05, 4.69) is 5.32 Å². The van der Waals surface area contributed by atoms with E-state index in [4.69, 9.17) is 9.76 Å². The van der Waals surface area contributed by atoms with Crippen LogP contribution in [-0.4, -0.2) is 36.6 Å². The van der Waals surface area contributed by atoms with Gasteiger partial charge in [-0.3, -0.25) is 4.79 Å². The lowest BCUT2D eigenvalue weighted by molar-refractivity contribution is -0.125. The Kier molecular flexibility index (Phi) is 3.73. The van der Waals surface area contributed by atoms with Gasteiger partial charge in [-0.1, -0.05) is 12.1 Å². The van der Waals surface area contributed by atoms with Crippen molar-refractivity contribution in [3.05, 3.63) is 29.3 Å². The smallest absolute Gasteiger partial charge is 0.394 e. The standard InChI is InChI=1S/C12H12BFNO4/c1-6(14)11(16)15-9-5-7-3-2-4-8(12(17)18)10(7)19-13-9/h2-4,6,9H,5H2,1H3,(H,15,16)(H,17,18)/t6?,9-/m0/s1. The zero-order chi connectivity index (χ0) is 14.0. The van der Waals surface area contributed by atoms with Gasteiger partial charge in [0.25, 0.3) is 5.91 Å². The number of carboxylic acids is 1. The maximum atomic E-state index is 12.8. The molecule has 7 heteroatoms. The Labute approximate surface area is 110 Å². The monoisotopic (exact) mass is 264 g/mol. The summed E-state index contributed by atoms with van der Waals surface area (Å²) in [7, 11) is 1.31. The van der Waals surface area contributed by atoms with E-state index < -0.39 is 24.0 Å². The highest BCUT2D eigenvalue weighted by Crippen LogP contribution is 2.28. The fraction of sp³-hybridized carbons (Fsp3) is 0.333. The summed E-state index contributed by atoms with van der Waals surface area (Å²) in [5.41, 5.74) is 0.733. The highest BCUT2D eigenvalue weighted by Gasteiger charge is 2.28. The lowest BCUT2D eigenvalue weighted by atomic mass is 9.79. The molecule has 0 aliphatic carbocycles.